The summed E-state index contributed by atoms with van der Waals surface area (Å²) in [7, 11) is 2.86. The summed E-state index contributed by atoms with van der Waals surface area (Å²) in [5, 5.41) is 14.0. The second kappa shape index (κ2) is 12.4. The summed E-state index contributed by atoms with van der Waals surface area (Å²) < 4.78 is 15.9. The van der Waals surface area contributed by atoms with Crippen LogP contribution in [0.25, 0.3) is 0 Å². The number of amides is 2. The number of nitro groups is 1. The average Bonchev–Trinajstić information content (AvgIpc) is 2.84. The summed E-state index contributed by atoms with van der Waals surface area (Å²) in [6.45, 7) is 5.31. The van der Waals surface area contributed by atoms with Crippen molar-refractivity contribution in [3.05, 3.63) is 58.1 Å². The number of nitro benzene ring substituents is 1. The van der Waals surface area contributed by atoms with Crippen LogP contribution in [0.4, 0.5) is 5.69 Å². The molecule has 0 spiro atoms. The maximum atomic E-state index is 13.2. The third kappa shape index (κ3) is 7.09. The lowest BCUT2D eigenvalue weighted by Crippen LogP contribution is -2.50. The van der Waals surface area contributed by atoms with Crippen LogP contribution in [0, 0.1) is 10.1 Å². The summed E-state index contributed by atoms with van der Waals surface area (Å²) in [4.78, 5) is 37.9. The Hall–Kier alpha value is -3.82. The molecule has 0 fully saturated rings. The molecule has 2 unspecified atom stereocenters. The number of carbonyl (C=O) groups is 2. The first-order valence-corrected chi connectivity index (χ1v) is 10.9. The Kier molecular flexibility index (Phi) is 9.66. The molecule has 0 saturated carbocycles. The van der Waals surface area contributed by atoms with Crippen LogP contribution in [0.15, 0.2) is 42.5 Å². The molecule has 0 aliphatic heterocycles. The fourth-order valence-corrected chi connectivity index (χ4v) is 3.14. The van der Waals surface area contributed by atoms with Gasteiger partial charge in [0.15, 0.2) is 6.61 Å². The van der Waals surface area contributed by atoms with Crippen LogP contribution < -0.4 is 19.5 Å². The number of hydrogen-bond acceptors (Lipinski definition) is 7. The SMILES string of the molecule is CCC(C)NC(=O)C(C)N(Cc1cccc(OC)c1)C(=O)COc1ccc([N+](=O)[O-])c(OC)c1. The minimum absolute atomic E-state index is 0.0180. The lowest BCUT2D eigenvalue weighted by Gasteiger charge is -2.29. The van der Waals surface area contributed by atoms with Gasteiger partial charge in [-0.1, -0.05) is 19.1 Å². The van der Waals surface area contributed by atoms with Gasteiger partial charge in [-0.3, -0.25) is 19.7 Å². The van der Waals surface area contributed by atoms with Crippen LogP contribution in [-0.2, 0) is 16.1 Å². The van der Waals surface area contributed by atoms with E-state index < -0.39 is 16.9 Å². The molecule has 10 heteroatoms. The van der Waals surface area contributed by atoms with E-state index in [2.05, 4.69) is 5.32 Å². The molecule has 0 radical (unpaired) electrons. The molecule has 2 aromatic rings. The molecule has 10 nitrogen and oxygen atoms in total. The molecule has 1 N–H and O–H groups in total. The highest BCUT2D eigenvalue weighted by Crippen LogP contribution is 2.30. The zero-order chi connectivity index (χ0) is 25.3. The first-order valence-electron chi connectivity index (χ1n) is 10.9. The molecular formula is C24H31N3O7. The first-order chi connectivity index (χ1) is 16.2. The normalized spacial score (nSPS) is 12.3. The minimum Gasteiger partial charge on any atom is -0.497 e. The fourth-order valence-electron chi connectivity index (χ4n) is 3.14. The number of carbonyl (C=O) groups excluding carboxylic acids is 2. The largest absolute Gasteiger partial charge is 0.497 e. The minimum atomic E-state index is -0.761. The Morgan fingerprint density at radius 2 is 1.82 bits per heavy atom. The van der Waals surface area contributed by atoms with E-state index in [1.807, 2.05) is 19.9 Å². The standard InChI is InChI=1S/C24H31N3O7/c1-6-16(2)25-24(29)17(3)26(14-18-8-7-9-19(12-18)32-4)23(28)15-34-20-10-11-21(27(30)31)22(13-20)33-5/h7-13,16-17H,6,14-15H2,1-5H3,(H,25,29). The Morgan fingerprint density at radius 3 is 2.44 bits per heavy atom. The van der Waals surface area contributed by atoms with Gasteiger partial charge < -0.3 is 24.4 Å². The molecule has 2 aromatic carbocycles. The molecular weight excluding hydrogens is 442 g/mol. The smallest absolute Gasteiger partial charge is 0.311 e. The number of nitrogens with one attached hydrogen (secondary N) is 1. The highest BCUT2D eigenvalue weighted by Gasteiger charge is 2.27. The van der Waals surface area contributed by atoms with Crippen molar-refractivity contribution in [2.45, 2.75) is 45.8 Å². The van der Waals surface area contributed by atoms with Crippen molar-refractivity contribution in [1.29, 1.82) is 0 Å². The number of rotatable bonds is 12. The van der Waals surface area contributed by atoms with Crippen molar-refractivity contribution in [3.8, 4) is 17.2 Å². The molecule has 0 aromatic heterocycles. The first kappa shape index (κ1) is 26.4. The van der Waals surface area contributed by atoms with Gasteiger partial charge in [-0.25, -0.2) is 0 Å². The van der Waals surface area contributed by atoms with E-state index in [9.17, 15) is 19.7 Å². The van der Waals surface area contributed by atoms with Gasteiger partial charge in [0.1, 0.15) is 17.5 Å². The Labute approximate surface area is 198 Å². The van der Waals surface area contributed by atoms with Gasteiger partial charge >= 0.3 is 5.69 Å². The van der Waals surface area contributed by atoms with Crippen molar-refractivity contribution in [3.63, 3.8) is 0 Å². The Bertz CT molecular complexity index is 1010. The molecule has 34 heavy (non-hydrogen) atoms. The molecule has 0 heterocycles. The van der Waals surface area contributed by atoms with Crippen LogP contribution in [0.1, 0.15) is 32.8 Å². The van der Waals surface area contributed by atoms with E-state index in [0.29, 0.717) is 5.75 Å². The number of methoxy groups -OCH3 is 2. The second-order valence-electron chi connectivity index (χ2n) is 7.75. The van der Waals surface area contributed by atoms with E-state index in [1.54, 1.807) is 32.2 Å². The highest BCUT2D eigenvalue weighted by molar-refractivity contribution is 5.88. The summed E-state index contributed by atoms with van der Waals surface area (Å²) in [6.07, 6.45) is 0.757. The van der Waals surface area contributed by atoms with Crippen LogP contribution in [0.2, 0.25) is 0 Å². The zero-order valence-corrected chi connectivity index (χ0v) is 20.1. The van der Waals surface area contributed by atoms with Gasteiger partial charge in [0, 0.05) is 24.7 Å². The molecule has 184 valence electrons. The zero-order valence-electron chi connectivity index (χ0n) is 20.1. The van der Waals surface area contributed by atoms with E-state index in [4.69, 9.17) is 14.2 Å². The second-order valence-corrected chi connectivity index (χ2v) is 7.75. The van der Waals surface area contributed by atoms with Gasteiger partial charge in [0.2, 0.25) is 11.7 Å². The quantitative estimate of drug-likeness (QED) is 0.371. The fraction of sp³-hybridized carbons (Fsp3) is 0.417. The molecule has 0 saturated heterocycles. The van der Waals surface area contributed by atoms with E-state index in [-0.39, 0.29) is 42.3 Å². The topological polar surface area (TPSA) is 120 Å². The maximum absolute atomic E-state index is 13.2. The molecule has 2 atom stereocenters. The lowest BCUT2D eigenvalue weighted by molar-refractivity contribution is -0.385. The molecule has 0 aliphatic rings. The predicted octanol–water partition coefficient (Wildman–Crippen LogP) is 3.32. The average molecular weight is 474 g/mol. The van der Waals surface area contributed by atoms with Gasteiger partial charge in [-0.15, -0.1) is 0 Å². The van der Waals surface area contributed by atoms with Gasteiger partial charge in [-0.05, 0) is 44.0 Å². The molecule has 2 amide bonds. The van der Waals surface area contributed by atoms with Crippen LogP contribution in [0.5, 0.6) is 17.2 Å². The molecule has 0 aliphatic carbocycles. The number of hydrogen-bond donors (Lipinski definition) is 1. The monoisotopic (exact) mass is 473 g/mol. The van der Waals surface area contributed by atoms with Crippen LogP contribution in [-0.4, -0.2) is 54.5 Å². The van der Waals surface area contributed by atoms with Crippen molar-refractivity contribution in [2.24, 2.45) is 0 Å². The number of ether oxygens (including phenoxy) is 3. The lowest BCUT2D eigenvalue weighted by atomic mass is 10.1. The van der Waals surface area contributed by atoms with Gasteiger partial charge in [-0.2, -0.15) is 0 Å². The molecule has 0 bridgehead atoms. The predicted molar refractivity (Wildman–Crippen MR) is 126 cm³/mol. The van der Waals surface area contributed by atoms with Crippen molar-refractivity contribution < 1.29 is 28.7 Å². The van der Waals surface area contributed by atoms with E-state index in [1.165, 1.54) is 30.2 Å². The third-order valence-electron chi connectivity index (χ3n) is 5.37. The summed E-state index contributed by atoms with van der Waals surface area (Å²) in [5.74, 6) is 0.184. The number of nitrogens with zero attached hydrogens (tertiary/aromatic N) is 2. The van der Waals surface area contributed by atoms with Crippen LogP contribution in [0.3, 0.4) is 0 Å². The van der Waals surface area contributed by atoms with E-state index in [0.717, 1.165) is 12.0 Å². The van der Waals surface area contributed by atoms with Gasteiger partial charge in [0.25, 0.3) is 5.91 Å². The summed E-state index contributed by atoms with van der Waals surface area (Å²) in [6, 6.07) is 10.4. The number of benzene rings is 2. The Balaban J connectivity index is 2.22. The molecule has 2 rings (SSSR count). The van der Waals surface area contributed by atoms with Gasteiger partial charge in [0.05, 0.1) is 19.1 Å². The highest BCUT2D eigenvalue weighted by atomic mass is 16.6. The van der Waals surface area contributed by atoms with Crippen LogP contribution >= 0.6 is 0 Å². The maximum Gasteiger partial charge on any atom is 0.311 e. The van der Waals surface area contributed by atoms with E-state index >= 15 is 0 Å². The third-order valence-corrected chi connectivity index (χ3v) is 5.37. The van der Waals surface area contributed by atoms with Crippen molar-refractivity contribution >= 4 is 17.5 Å². The summed E-state index contributed by atoms with van der Waals surface area (Å²) in [5.41, 5.74) is 0.573. The van der Waals surface area contributed by atoms with Crippen molar-refractivity contribution in [1.82, 2.24) is 10.2 Å². The Morgan fingerprint density at radius 1 is 1.09 bits per heavy atom. The van der Waals surface area contributed by atoms with Crippen molar-refractivity contribution in [2.75, 3.05) is 20.8 Å². The summed E-state index contributed by atoms with van der Waals surface area (Å²) >= 11 is 0.